The molecule has 2 atom stereocenters. The molecule has 1 N–H and O–H groups in total. The minimum absolute atomic E-state index is 0.106. The lowest BCUT2D eigenvalue weighted by Gasteiger charge is -2.44. The number of hydrogen-bond acceptors (Lipinski definition) is 2. The maximum atomic E-state index is 14.3. The molecule has 0 aromatic heterocycles. The lowest BCUT2D eigenvalue weighted by molar-refractivity contribution is 0.0613. The Hall–Kier alpha value is -0.640. The van der Waals surface area contributed by atoms with Crippen molar-refractivity contribution in [2.45, 2.75) is 38.8 Å². The van der Waals surface area contributed by atoms with E-state index in [1.54, 1.807) is 12.1 Å². The third-order valence-electron chi connectivity index (χ3n) is 4.20. The maximum absolute atomic E-state index is 14.3. The van der Waals surface area contributed by atoms with Crippen LogP contribution in [0.1, 0.15) is 38.3 Å². The summed E-state index contributed by atoms with van der Waals surface area (Å²) in [4.78, 5) is 2.40. The van der Waals surface area contributed by atoms with Gasteiger partial charge in [0, 0.05) is 22.7 Å². The van der Waals surface area contributed by atoms with Gasteiger partial charge in [-0.3, -0.25) is 4.90 Å². The molecule has 1 saturated heterocycles. The summed E-state index contributed by atoms with van der Waals surface area (Å²) in [7, 11) is 1.96. The van der Waals surface area contributed by atoms with E-state index in [1.807, 2.05) is 7.05 Å². The Morgan fingerprint density at radius 3 is 2.85 bits per heavy atom. The highest BCUT2D eigenvalue weighted by molar-refractivity contribution is 6.30. The number of likely N-dealkylation sites (tertiary alicyclic amines) is 1. The van der Waals surface area contributed by atoms with Crippen LogP contribution in [-0.4, -0.2) is 31.1 Å². The number of benzene rings is 1. The molecule has 1 aliphatic rings. The number of halogens is 2. The lowest BCUT2D eigenvalue weighted by atomic mass is 9.83. The number of piperidine rings is 1. The standard InChI is InChI=1S/C16H24ClFN2/c1-11(2)20-8-4-5-12(10-19-3)16(20)14-9-13(17)6-7-15(14)18/h6-7,9,11-12,16,19H,4-5,8,10H2,1-3H3. The zero-order valence-electron chi connectivity index (χ0n) is 12.5. The molecule has 1 fully saturated rings. The first kappa shape index (κ1) is 15.7. The fourth-order valence-corrected chi connectivity index (χ4v) is 3.51. The van der Waals surface area contributed by atoms with Gasteiger partial charge in [0.05, 0.1) is 0 Å². The van der Waals surface area contributed by atoms with Crippen molar-refractivity contribution in [1.82, 2.24) is 10.2 Å². The first-order chi connectivity index (χ1) is 9.54. The van der Waals surface area contributed by atoms with Crippen molar-refractivity contribution in [3.05, 3.63) is 34.6 Å². The minimum Gasteiger partial charge on any atom is -0.319 e. The van der Waals surface area contributed by atoms with E-state index < -0.39 is 0 Å². The Morgan fingerprint density at radius 1 is 1.45 bits per heavy atom. The largest absolute Gasteiger partial charge is 0.319 e. The predicted molar refractivity (Wildman–Crippen MR) is 82.6 cm³/mol. The van der Waals surface area contributed by atoms with Gasteiger partial charge in [-0.25, -0.2) is 4.39 Å². The normalized spacial score (nSPS) is 24.3. The highest BCUT2D eigenvalue weighted by Gasteiger charge is 2.35. The Balaban J connectivity index is 2.40. The molecule has 112 valence electrons. The summed E-state index contributed by atoms with van der Waals surface area (Å²) in [5.74, 6) is 0.275. The van der Waals surface area contributed by atoms with Gasteiger partial charge in [0.15, 0.2) is 0 Å². The third-order valence-corrected chi connectivity index (χ3v) is 4.44. The monoisotopic (exact) mass is 298 g/mol. The Bertz CT molecular complexity index is 448. The number of nitrogens with zero attached hydrogens (tertiary/aromatic N) is 1. The van der Waals surface area contributed by atoms with Gasteiger partial charge < -0.3 is 5.32 Å². The minimum atomic E-state index is -0.145. The van der Waals surface area contributed by atoms with Gasteiger partial charge in [-0.1, -0.05) is 11.6 Å². The van der Waals surface area contributed by atoms with Gasteiger partial charge in [0.25, 0.3) is 0 Å². The molecule has 0 bridgehead atoms. The summed E-state index contributed by atoms with van der Waals surface area (Å²) in [6, 6.07) is 5.41. The molecule has 0 radical (unpaired) electrons. The average molecular weight is 299 g/mol. The SMILES string of the molecule is CNCC1CCCN(C(C)C)C1c1cc(Cl)ccc1F. The van der Waals surface area contributed by atoms with E-state index in [4.69, 9.17) is 11.6 Å². The summed E-state index contributed by atoms with van der Waals surface area (Å²) < 4.78 is 14.3. The highest BCUT2D eigenvalue weighted by Crippen LogP contribution is 2.38. The molecule has 1 aromatic carbocycles. The third kappa shape index (κ3) is 3.33. The maximum Gasteiger partial charge on any atom is 0.128 e. The fourth-order valence-electron chi connectivity index (χ4n) is 3.33. The van der Waals surface area contributed by atoms with Gasteiger partial charge in [-0.15, -0.1) is 0 Å². The van der Waals surface area contributed by atoms with Crippen molar-refractivity contribution in [2.24, 2.45) is 5.92 Å². The van der Waals surface area contributed by atoms with E-state index in [-0.39, 0.29) is 11.9 Å². The first-order valence-electron chi connectivity index (χ1n) is 7.40. The Labute approximate surface area is 126 Å². The molecule has 2 rings (SSSR count). The van der Waals surface area contributed by atoms with E-state index in [1.165, 1.54) is 12.5 Å². The Kier molecular flexibility index (Phi) is 5.42. The molecule has 2 nitrogen and oxygen atoms in total. The zero-order valence-corrected chi connectivity index (χ0v) is 13.3. The molecule has 2 unspecified atom stereocenters. The van der Waals surface area contributed by atoms with E-state index >= 15 is 0 Å². The van der Waals surface area contributed by atoms with Crippen molar-refractivity contribution in [1.29, 1.82) is 0 Å². The Morgan fingerprint density at radius 2 is 2.20 bits per heavy atom. The van der Waals surface area contributed by atoms with Crippen molar-refractivity contribution in [3.63, 3.8) is 0 Å². The van der Waals surface area contributed by atoms with Crippen molar-refractivity contribution >= 4 is 11.6 Å². The van der Waals surface area contributed by atoms with Crippen LogP contribution in [0.5, 0.6) is 0 Å². The van der Waals surface area contributed by atoms with Gasteiger partial charge >= 0.3 is 0 Å². The number of hydrogen-bond donors (Lipinski definition) is 1. The number of rotatable bonds is 4. The van der Waals surface area contributed by atoms with Crippen LogP contribution in [0.3, 0.4) is 0 Å². The second-order valence-corrected chi connectivity index (χ2v) is 6.34. The molecule has 0 saturated carbocycles. The van der Waals surface area contributed by atoms with Gasteiger partial charge in [-0.2, -0.15) is 0 Å². The highest BCUT2D eigenvalue weighted by atomic mass is 35.5. The van der Waals surface area contributed by atoms with Gasteiger partial charge in [-0.05, 0) is 70.9 Å². The van der Waals surface area contributed by atoms with Crippen molar-refractivity contribution in [2.75, 3.05) is 20.1 Å². The quantitative estimate of drug-likeness (QED) is 0.908. The van der Waals surface area contributed by atoms with E-state index in [0.717, 1.165) is 25.1 Å². The van der Waals surface area contributed by atoms with Crippen LogP contribution in [0.25, 0.3) is 0 Å². The fraction of sp³-hybridized carbons (Fsp3) is 0.625. The summed E-state index contributed by atoms with van der Waals surface area (Å²) >= 11 is 6.09. The number of nitrogens with one attached hydrogen (secondary N) is 1. The lowest BCUT2D eigenvalue weighted by Crippen LogP contribution is -2.45. The van der Waals surface area contributed by atoms with Crippen LogP contribution < -0.4 is 5.32 Å². The second kappa shape index (κ2) is 6.88. The van der Waals surface area contributed by atoms with Crippen LogP contribution in [-0.2, 0) is 0 Å². The van der Waals surface area contributed by atoms with E-state index in [2.05, 4.69) is 24.1 Å². The van der Waals surface area contributed by atoms with Crippen LogP contribution in [0.15, 0.2) is 18.2 Å². The summed E-state index contributed by atoms with van der Waals surface area (Å²) in [6.07, 6.45) is 2.30. The summed E-state index contributed by atoms with van der Waals surface area (Å²) in [5, 5.41) is 3.86. The second-order valence-electron chi connectivity index (χ2n) is 5.90. The molecule has 1 heterocycles. The van der Waals surface area contributed by atoms with Gasteiger partial charge in [0.1, 0.15) is 5.82 Å². The molecular weight excluding hydrogens is 275 g/mol. The van der Waals surface area contributed by atoms with Crippen LogP contribution in [0.2, 0.25) is 5.02 Å². The summed E-state index contributed by atoms with van der Waals surface area (Å²) in [5.41, 5.74) is 0.742. The predicted octanol–water partition coefficient (Wildman–Crippen LogP) is 3.86. The topological polar surface area (TPSA) is 15.3 Å². The van der Waals surface area contributed by atoms with E-state index in [9.17, 15) is 4.39 Å². The molecular formula is C16H24ClFN2. The smallest absolute Gasteiger partial charge is 0.128 e. The van der Waals surface area contributed by atoms with Crippen molar-refractivity contribution in [3.8, 4) is 0 Å². The molecule has 1 aliphatic heterocycles. The van der Waals surface area contributed by atoms with Crippen LogP contribution in [0.4, 0.5) is 4.39 Å². The zero-order chi connectivity index (χ0) is 14.7. The summed E-state index contributed by atoms with van der Waals surface area (Å²) in [6.45, 7) is 6.28. The molecule has 0 aliphatic carbocycles. The van der Waals surface area contributed by atoms with Crippen LogP contribution >= 0.6 is 11.6 Å². The van der Waals surface area contributed by atoms with Crippen molar-refractivity contribution < 1.29 is 4.39 Å². The molecule has 1 aromatic rings. The van der Waals surface area contributed by atoms with E-state index in [0.29, 0.717) is 17.0 Å². The van der Waals surface area contributed by atoms with Gasteiger partial charge in [0.2, 0.25) is 0 Å². The van der Waals surface area contributed by atoms with Crippen LogP contribution in [0, 0.1) is 11.7 Å². The average Bonchev–Trinajstić information content (AvgIpc) is 2.42. The molecule has 4 heteroatoms. The molecule has 0 amide bonds. The molecule has 20 heavy (non-hydrogen) atoms. The first-order valence-corrected chi connectivity index (χ1v) is 7.77. The molecule has 0 spiro atoms.